The van der Waals surface area contributed by atoms with Crippen LogP contribution < -0.4 is 36.1 Å². The Labute approximate surface area is 452 Å². The Morgan fingerprint density at radius 1 is 0.390 bits per heavy atom. The second-order valence-corrected chi connectivity index (χ2v) is 23.8. The van der Waals surface area contributed by atoms with Crippen LogP contribution in [0.25, 0.3) is 21.9 Å². The van der Waals surface area contributed by atoms with Crippen LogP contribution in [0.4, 0.5) is 68.8 Å². The van der Waals surface area contributed by atoms with Gasteiger partial charge in [-0.2, -0.15) is 0 Å². The molecule has 77 heavy (non-hydrogen) atoms. The van der Waals surface area contributed by atoms with Crippen molar-refractivity contribution >= 4 is 114 Å². The lowest BCUT2D eigenvalue weighted by molar-refractivity contribution is 0.571. The highest BCUT2D eigenvalue weighted by Gasteiger charge is 2.48. The Morgan fingerprint density at radius 2 is 0.870 bits per heavy atom. The molecule has 13 rings (SSSR count). The smallest absolute Gasteiger partial charge is 0.307 e. The molecule has 0 spiro atoms. The van der Waals surface area contributed by atoms with Crippen LogP contribution in [0, 0.1) is 0 Å². The second-order valence-electron chi connectivity index (χ2n) is 23.8. The standard InChI is InChI=1S/C69H62BN5O2/c1-67(2,3)45-30-33-52(34-31-45)74-58-44-54(72(48-22-14-10-15-23-48)49-24-16-11-17-25-49)35-37-57(58)70-63-59(74)41-47(69(7,8)9)42-60(63)75(53-36-39-62-56(43-53)55-40-46(68(4,5)6)32-38-61(55)76-62)65-64(70)71-66(77-65)73(50-26-18-12-19-27-50)51-28-20-13-21-29-51/h10-44H,1-9H3. The number of fused-ring (bicyclic) bond motifs is 7. The van der Waals surface area contributed by atoms with Gasteiger partial charge < -0.3 is 18.6 Å². The molecule has 2 aliphatic rings. The van der Waals surface area contributed by atoms with E-state index in [1.54, 1.807) is 0 Å². The third kappa shape index (κ3) is 8.26. The lowest BCUT2D eigenvalue weighted by Gasteiger charge is -2.43. The molecule has 0 N–H and O–H groups in total. The summed E-state index contributed by atoms with van der Waals surface area (Å²) in [7, 11) is 0. The lowest BCUT2D eigenvalue weighted by Crippen LogP contribution is -2.61. The number of hydrogen-bond donors (Lipinski definition) is 0. The Bertz CT molecular complexity index is 3920. The number of hydrogen-bond acceptors (Lipinski definition) is 7. The molecular weight excluding hydrogens is 942 g/mol. The van der Waals surface area contributed by atoms with E-state index in [4.69, 9.17) is 13.8 Å². The molecule has 378 valence electrons. The number of benzene rings is 9. The molecule has 0 radical (unpaired) electrons. The van der Waals surface area contributed by atoms with Crippen molar-refractivity contribution in [3.8, 4) is 0 Å². The minimum atomic E-state index is -0.324. The van der Waals surface area contributed by atoms with Crippen LogP contribution in [0.5, 0.6) is 0 Å². The molecule has 7 nitrogen and oxygen atoms in total. The van der Waals surface area contributed by atoms with Gasteiger partial charge >= 0.3 is 6.01 Å². The van der Waals surface area contributed by atoms with E-state index in [0.29, 0.717) is 11.9 Å². The Balaban J connectivity index is 1.12. The summed E-state index contributed by atoms with van der Waals surface area (Å²) in [6.45, 7) is 20.2. The molecule has 2 aromatic heterocycles. The van der Waals surface area contributed by atoms with Gasteiger partial charge in [-0.05, 0) is 159 Å². The molecule has 0 aliphatic carbocycles. The zero-order valence-corrected chi connectivity index (χ0v) is 45.3. The Kier molecular flexibility index (Phi) is 11.2. The van der Waals surface area contributed by atoms with Crippen molar-refractivity contribution in [1.29, 1.82) is 0 Å². The van der Waals surface area contributed by atoms with E-state index in [1.165, 1.54) is 16.7 Å². The summed E-state index contributed by atoms with van der Waals surface area (Å²) in [5, 5.41) is 2.13. The maximum Gasteiger partial charge on any atom is 0.307 e. The molecule has 4 heterocycles. The molecule has 0 saturated heterocycles. The average molecular weight is 1000 g/mol. The normalized spacial score (nSPS) is 13.2. The number of furan rings is 1. The highest BCUT2D eigenvalue weighted by molar-refractivity contribution is 6.99. The summed E-state index contributed by atoms with van der Waals surface area (Å²) in [6.07, 6.45) is 0. The monoisotopic (exact) mass is 1000 g/mol. The van der Waals surface area contributed by atoms with Gasteiger partial charge in [0.05, 0.1) is 17.0 Å². The van der Waals surface area contributed by atoms with Gasteiger partial charge in [0.15, 0.2) is 0 Å². The average Bonchev–Trinajstić information content (AvgIpc) is 4.27. The molecule has 0 bridgehead atoms. The fourth-order valence-electron chi connectivity index (χ4n) is 11.4. The van der Waals surface area contributed by atoms with Crippen LogP contribution in [0.2, 0.25) is 0 Å². The van der Waals surface area contributed by atoms with Crippen molar-refractivity contribution in [3.63, 3.8) is 0 Å². The molecule has 9 aromatic carbocycles. The Morgan fingerprint density at radius 3 is 1.42 bits per heavy atom. The number of rotatable bonds is 8. The van der Waals surface area contributed by atoms with Gasteiger partial charge in [0.2, 0.25) is 5.88 Å². The van der Waals surface area contributed by atoms with Crippen LogP contribution in [-0.4, -0.2) is 11.7 Å². The summed E-state index contributed by atoms with van der Waals surface area (Å²) in [5.74, 6) is 0.669. The fourth-order valence-corrected chi connectivity index (χ4v) is 11.4. The highest BCUT2D eigenvalue weighted by atomic mass is 16.4. The number of nitrogens with zero attached hydrogens (tertiary/aromatic N) is 5. The van der Waals surface area contributed by atoms with Crippen molar-refractivity contribution in [3.05, 3.63) is 229 Å². The molecule has 2 aliphatic heterocycles. The summed E-state index contributed by atoms with van der Waals surface area (Å²) < 4.78 is 14.1. The van der Waals surface area contributed by atoms with Gasteiger partial charge in [0.25, 0.3) is 6.71 Å². The van der Waals surface area contributed by atoms with Crippen LogP contribution in [0.15, 0.2) is 221 Å². The molecule has 0 amide bonds. The SMILES string of the molecule is CC(C)(C)c1ccc(N2c3cc(N(c4ccccc4)c4ccccc4)ccc3B3c4nc(N(c5ccccc5)c5ccccc5)oc4N(c4ccc5oc6ccc(C(C)(C)C)cc6c5c4)c4cc(C(C)(C)C)cc2c43)cc1. The first kappa shape index (κ1) is 47.9. The highest BCUT2D eigenvalue weighted by Crippen LogP contribution is 2.50. The van der Waals surface area contributed by atoms with Crippen LogP contribution in [0.3, 0.4) is 0 Å². The predicted molar refractivity (Wildman–Crippen MR) is 323 cm³/mol. The van der Waals surface area contributed by atoms with E-state index in [1.807, 2.05) is 12.1 Å². The zero-order valence-electron chi connectivity index (χ0n) is 45.3. The van der Waals surface area contributed by atoms with Gasteiger partial charge in [0, 0.05) is 56.3 Å². The van der Waals surface area contributed by atoms with E-state index in [0.717, 1.165) is 95.3 Å². The third-order valence-electron chi connectivity index (χ3n) is 15.5. The van der Waals surface area contributed by atoms with E-state index in [9.17, 15) is 0 Å². The minimum Gasteiger partial charge on any atom is -0.456 e. The topological polar surface area (TPSA) is 52.1 Å². The lowest BCUT2D eigenvalue weighted by atomic mass is 9.35. The zero-order chi connectivity index (χ0) is 53.0. The van der Waals surface area contributed by atoms with Gasteiger partial charge in [-0.3, -0.25) is 9.80 Å². The maximum absolute atomic E-state index is 7.51. The quantitative estimate of drug-likeness (QED) is 0.141. The number of para-hydroxylation sites is 4. The van der Waals surface area contributed by atoms with E-state index < -0.39 is 0 Å². The van der Waals surface area contributed by atoms with Crippen molar-refractivity contribution in [2.45, 2.75) is 78.6 Å². The first-order valence-electron chi connectivity index (χ1n) is 26.9. The van der Waals surface area contributed by atoms with E-state index in [2.05, 4.69) is 282 Å². The maximum atomic E-state index is 7.51. The van der Waals surface area contributed by atoms with Crippen molar-refractivity contribution in [2.75, 3.05) is 19.6 Å². The molecule has 0 saturated carbocycles. The van der Waals surface area contributed by atoms with E-state index >= 15 is 0 Å². The minimum absolute atomic E-state index is 0.0293. The molecule has 8 heteroatoms. The largest absolute Gasteiger partial charge is 0.456 e. The van der Waals surface area contributed by atoms with Gasteiger partial charge in [-0.1, -0.05) is 159 Å². The second kappa shape index (κ2) is 17.9. The molecule has 0 fully saturated rings. The van der Waals surface area contributed by atoms with E-state index in [-0.39, 0.29) is 23.0 Å². The van der Waals surface area contributed by atoms with Gasteiger partial charge in [-0.25, -0.2) is 4.98 Å². The van der Waals surface area contributed by atoms with Crippen molar-refractivity contribution < 1.29 is 8.83 Å². The summed E-state index contributed by atoms with van der Waals surface area (Å²) in [6, 6.07) is 76.9. The van der Waals surface area contributed by atoms with Crippen molar-refractivity contribution in [1.82, 2.24) is 4.98 Å². The Hall–Kier alpha value is -8.75. The van der Waals surface area contributed by atoms with Gasteiger partial charge in [-0.15, -0.1) is 0 Å². The third-order valence-corrected chi connectivity index (χ3v) is 15.5. The van der Waals surface area contributed by atoms with Crippen molar-refractivity contribution in [2.24, 2.45) is 0 Å². The molecule has 11 aromatic rings. The number of oxazole rings is 1. The van der Waals surface area contributed by atoms with Crippen LogP contribution >= 0.6 is 0 Å². The molecule has 0 atom stereocenters. The number of aromatic nitrogens is 1. The fraction of sp³-hybridized carbons (Fsp3) is 0.174. The first-order valence-corrected chi connectivity index (χ1v) is 26.9. The van der Waals surface area contributed by atoms with Crippen LogP contribution in [-0.2, 0) is 16.2 Å². The molecular formula is C69H62BN5O2. The molecule has 0 unspecified atom stereocenters. The summed E-state index contributed by atoms with van der Waals surface area (Å²) in [5.41, 5.74) is 18.6. The van der Waals surface area contributed by atoms with Crippen LogP contribution in [0.1, 0.15) is 79.0 Å². The van der Waals surface area contributed by atoms with Gasteiger partial charge in [0.1, 0.15) is 11.2 Å². The summed E-state index contributed by atoms with van der Waals surface area (Å²) in [4.78, 5) is 15.1. The first-order chi connectivity index (χ1) is 37.1. The predicted octanol–water partition coefficient (Wildman–Crippen LogP) is 17.5. The number of anilines is 12. The summed E-state index contributed by atoms with van der Waals surface area (Å²) >= 11 is 0.